The van der Waals surface area contributed by atoms with Crippen LogP contribution >= 0.6 is 0 Å². The van der Waals surface area contributed by atoms with Gasteiger partial charge in [0.05, 0.1) is 0 Å². The third-order valence-electron chi connectivity index (χ3n) is 0.648. The zero-order valence-electron chi connectivity index (χ0n) is 7.39. The van der Waals surface area contributed by atoms with Gasteiger partial charge in [0.2, 0.25) is 0 Å². The average Bonchev–Trinajstić information content (AvgIpc) is 2.04. The van der Waals surface area contributed by atoms with Gasteiger partial charge in [0.25, 0.3) is 0 Å². The summed E-state index contributed by atoms with van der Waals surface area (Å²) < 4.78 is 4.83. The molecule has 0 aromatic heterocycles. The van der Waals surface area contributed by atoms with Crippen molar-refractivity contribution in [2.24, 2.45) is 5.16 Å². The van der Waals surface area contributed by atoms with Crippen LogP contribution in [-0.2, 0) is 9.57 Å². The van der Waals surface area contributed by atoms with Crippen molar-refractivity contribution in [1.82, 2.24) is 0 Å². The number of nitrogens with zero attached hydrogens (tertiary/aromatic N) is 1. The van der Waals surface area contributed by atoms with Crippen LogP contribution in [0.5, 0.6) is 0 Å². The smallest absolute Gasteiger partial charge is 0.132 e. The van der Waals surface area contributed by atoms with E-state index in [-0.39, 0.29) is 0 Å². The minimum Gasteiger partial charge on any atom is -0.388 e. The number of nitrogens with one attached hydrogen (secondary N) is 1. The van der Waals surface area contributed by atoms with Crippen LogP contribution in [-0.4, -0.2) is 25.8 Å². The highest BCUT2D eigenvalue weighted by Crippen LogP contribution is 1.65. The van der Waals surface area contributed by atoms with Crippen LogP contribution in [0.4, 0.5) is 0 Å². The van der Waals surface area contributed by atoms with E-state index in [0.29, 0.717) is 6.61 Å². The molecule has 0 aliphatic carbocycles. The van der Waals surface area contributed by atoms with Gasteiger partial charge in [-0.2, -0.15) is 0 Å². The quantitative estimate of drug-likeness (QED) is 0.503. The Morgan fingerprint density at radius 1 is 1.18 bits per heavy atom. The lowest BCUT2D eigenvalue weighted by Crippen LogP contribution is -1.84. The van der Waals surface area contributed by atoms with Gasteiger partial charge in [-0.1, -0.05) is 0 Å². The van der Waals surface area contributed by atoms with Crippen LogP contribution in [0.25, 0.3) is 0 Å². The van der Waals surface area contributed by atoms with Crippen LogP contribution in [0.1, 0.15) is 20.8 Å². The summed E-state index contributed by atoms with van der Waals surface area (Å²) in [4.78, 5) is 4.31. The van der Waals surface area contributed by atoms with Gasteiger partial charge >= 0.3 is 0 Å². The predicted molar refractivity (Wildman–Crippen MR) is 43.9 cm³/mol. The molecule has 0 aliphatic rings. The lowest BCUT2D eigenvalue weighted by atomic mass is 10.8. The van der Waals surface area contributed by atoms with Crippen molar-refractivity contribution in [1.29, 1.82) is 5.41 Å². The molecule has 0 atom stereocenters. The van der Waals surface area contributed by atoms with Crippen molar-refractivity contribution in [3.8, 4) is 0 Å². The first-order chi connectivity index (χ1) is 5.33. The zero-order valence-corrected chi connectivity index (χ0v) is 7.39. The summed E-state index contributed by atoms with van der Waals surface area (Å²) in [6, 6.07) is 1.72. The highest BCUT2D eigenvalue weighted by molar-refractivity contribution is 5.34. The third-order valence-corrected chi connectivity index (χ3v) is 0.648. The molecule has 0 aromatic carbocycles. The van der Waals surface area contributed by atoms with Crippen molar-refractivity contribution < 1.29 is 9.57 Å². The summed E-state index contributed by atoms with van der Waals surface area (Å²) in [6.45, 7) is 7.96. The van der Waals surface area contributed by atoms with Crippen molar-refractivity contribution in [2.75, 3.05) is 19.8 Å². The van der Waals surface area contributed by atoms with Crippen LogP contribution in [0, 0.1) is 5.41 Å². The van der Waals surface area contributed by atoms with E-state index >= 15 is 0 Å². The summed E-state index contributed by atoms with van der Waals surface area (Å²) in [7, 11) is 0. The van der Waals surface area contributed by atoms with E-state index < -0.39 is 0 Å². The van der Waals surface area contributed by atoms with E-state index in [4.69, 9.17) is 10.1 Å². The van der Waals surface area contributed by atoms with Crippen molar-refractivity contribution in [2.45, 2.75) is 20.8 Å². The summed E-state index contributed by atoms with van der Waals surface area (Å²) >= 11 is 0. The van der Waals surface area contributed by atoms with Crippen molar-refractivity contribution >= 4 is 6.01 Å². The molecule has 0 aromatic rings. The first kappa shape index (κ1) is 12.8. The minimum atomic E-state index is 0.506. The fraction of sp³-hybridized carbons (Fsp3) is 0.857. The van der Waals surface area contributed by atoms with E-state index in [1.165, 1.54) is 0 Å². The maximum atomic E-state index is 6.16. The number of ether oxygens (including phenoxy) is 1. The normalized spacial score (nSPS) is 7.18. The summed E-state index contributed by atoms with van der Waals surface area (Å²) in [5.74, 6) is 0. The molecule has 66 valence electrons. The molecule has 0 bridgehead atoms. The molecule has 0 amide bonds. The molecule has 4 heteroatoms. The monoisotopic (exact) mass is 160 g/mol. The Hall–Kier alpha value is -0.860. The minimum absolute atomic E-state index is 0.506. The Bertz CT molecular complexity index is 98.6. The van der Waals surface area contributed by atoms with Gasteiger partial charge in [0.15, 0.2) is 0 Å². The zero-order chi connectivity index (χ0) is 8.95. The molecule has 0 spiro atoms. The third kappa shape index (κ3) is 27.2. The Labute approximate surface area is 67.7 Å². The van der Waals surface area contributed by atoms with E-state index in [1.807, 2.05) is 13.8 Å². The Kier molecular flexibility index (Phi) is 18.7. The van der Waals surface area contributed by atoms with Crippen LogP contribution in [0.3, 0.4) is 0 Å². The molecular formula is C7H16N2O2. The van der Waals surface area contributed by atoms with Gasteiger partial charge in [0.1, 0.15) is 12.6 Å². The molecular weight excluding hydrogens is 144 g/mol. The number of rotatable bonds is 4. The fourth-order valence-electron chi connectivity index (χ4n) is 0.301. The lowest BCUT2D eigenvalue weighted by molar-refractivity contribution is 0.160. The topological polar surface area (TPSA) is 54.7 Å². The Balaban J connectivity index is 0. The first-order valence-electron chi connectivity index (χ1n) is 3.64. The molecule has 0 rings (SSSR count). The number of hydrogen-bond acceptors (Lipinski definition) is 4. The number of hydrogen-bond donors (Lipinski definition) is 1. The highest BCUT2D eigenvalue weighted by Gasteiger charge is 1.64. The predicted octanol–water partition coefficient (Wildman–Crippen LogP) is 1.73. The largest absolute Gasteiger partial charge is 0.388 e. The van der Waals surface area contributed by atoms with Crippen LogP contribution in [0.2, 0.25) is 0 Å². The van der Waals surface area contributed by atoms with E-state index in [2.05, 4.69) is 9.99 Å². The SMILES string of the molecule is CCOCC.CCON=C=N. The molecule has 0 radical (unpaired) electrons. The second-order valence-corrected chi connectivity index (χ2v) is 1.40. The molecule has 0 heterocycles. The van der Waals surface area contributed by atoms with Gasteiger partial charge in [-0.3, -0.25) is 0 Å². The highest BCUT2D eigenvalue weighted by atomic mass is 16.6. The van der Waals surface area contributed by atoms with Gasteiger partial charge in [0, 0.05) is 13.2 Å². The van der Waals surface area contributed by atoms with Gasteiger partial charge in [-0.05, 0) is 25.9 Å². The maximum Gasteiger partial charge on any atom is 0.132 e. The summed E-state index contributed by atoms with van der Waals surface area (Å²) in [5, 5.41) is 9.17. The standard InChI is InChI=1S/C4H10O.C3H6N2O/c1-3-5-4-2;1-2-6-5-3-4/h3-4H2,1-2H3;4H,2H2,1H3. The molecule has 11 heavy (non-hydrogen) atoms. The fourth-order valence-corrected chi connectivity index (χ4v) is 0.301. The molecule has 0 saturated heterocycles. The van der Waals surface area contributed by atoms with Gasteiger partial charge in [-0.15, -0.1) is 0 Å². The van der Waals surface area contributed by atoms with Crippen molar-refractivity contribution in [3.05, 3.63) is 0 Å². The van der Waals surface area contributed by atoms with E-state index in [9.17, 15) is 0 Å². The summed E-state index contributed by atoms with van der Waals surface area (Å²) in [5.41, 5.74) is 0. The maximum absolute atomic E-state index is 6.16. The Morgan fingerprint density at radius 2 is 1.73 bits per heavy atom. The molecule has 1 N–H and O–H groups in total. The second-order valence-electron chi connectivity index (χ2n) is 1.40. The van der Waals surface area contributed by atoms with Gasteiger partial charge in [-0.25, -0.2) is 5.41 Å². The Morgan fingerprint density at radius 3 is 1.82 bits per heavy atom. The first-order valence-corrected chi connectivity index (χ1v) is 3.64. The van der Waals surface area contributed by atoms with Crippen LogP contribution in [0.15, 0.2) is 5.16 Å². The average molecular weight is 160 g/mol. The lowest BCUT2D eigenvalue weighted by Gasteiger charge is -1.86. The second kappa shape index (κ2) is 16.1. The van der Waals surface area contributed by atoms with E-state index in [1.54, 1.807) is 12.9 Å². The van der Waals surface area contributed by atoms with E-state index in [0.717, 1.165) is 13.2 Å². The van der Waals surface area contributed by atoms with Crippen molar-refractivity contribution in [3.63, 3.8) is 0 Å². The molecule has 0 saturated carbocycles. The van der Waals surface area contributed by atoms with Gasteiger partial charge < -0.3 is 9.57 Å². The molecule has 0 unspecified atom stereocenters. The summed E-state index contributed by atoms with van der Waals surface area (Å²) in [6.07, 6.45) is 0. The van der Waals surface area contributed by atoms with Crippen LogP contribution < -0.4 is 0 Å². The molecule has 0 fully saturated rings. The molecule has 0 aliphatic heterocycles. The molecule has 4 nitrogen and oxygen atoms in total.